The fraction of sp³-hybridized carbons (Fsp3) is 0.0500. The molecule has 3 rings (SSSR count). The van der Waals surface area contributed by atoms with E-state index in [9.17, 15) is 22.0 Å². The first-order valence-corrected chi connectivity index (χ1v) is 9.87. The molecule has 0 fully saturated rings. The Morgan fingerprint density at radius 2 is 1.31 bits per heavy atom. The van der Waals surface area contributed by atoms with Gasteiger partial charge in [0.05, 0.1) is 4.90 Å². The Bertz CT molecular complexity index is 1080. The van der Waals surface area contributed by atoms with E-state index in [0.29, 0.717) is 11.4 Å². The standard InChI is InChI=1S/C20H16F2N2O4S/c21-14-1-5-17(6-2-14)24-29(26,27)19-11-7-16(8-12-19)23-20(25)13-28-18-9-3-15(22)4-10-18/h1-12,24H,13H2,(H,23,25). The summed E-state index contributed by atoms with van der Waals surface area (Å²) >= 11 is 0. The van der Waals surface area contributed by atoms with Crippen LogP contribution in [0.3, 0.4) is 0 Å². The number of halogens is 2. The number of hydrogen-bond donors (Lipinski definition) is 2. The normalized spacial score (nSPS) is 11.0. The summed E-state index contributed by atoms with van der Waals surface area (Å²) in [6.45, 7) is -0.294. The van der Waals surface area contributed by atoms with Gasteiger partial charge in [0.2, 0.25) is 0 Å². The highest BCUT2D eigenvalue weighted by Crippen LogP contribution is 2.19. The maximum absolute atomic E-state index is 12.9. The van der Waals surface area contributed by atoms with E-state index in [2.05, 4.69) is 10.0 Å². The van der Waals surface area contributed by atoms with Crippen molar-refractivity contribution in [3.05, 3.63) is 84.4 Å². The lowest BCUT2D eigenvalue weighted by atomic mass is 10.3. The molecule has 0 saturated carbocycles. The van der Waals surface area contributed by atoms with Crippen LogP contribution in [-0.4, -0.2) is 20.9 Å². The monoisotopic (exact) mass is 418 g/mol. The molecule has 0 aliphatic carbocycles. The molecular weight excluding hydrogens is 402 g/mol. The van der Waals surface area contributed by atoms with E-state index in [1.807, 2.05) is 0 Å². The first-order valence-electron chi connectivity index (χ1n) is 8.38. The first-order chi connectivity index (χ1) is 13.8. The molecule has 150 valence electrons. The zero-order valence-corrected chi connectivity index (χ0v) is 15.7. The highest BCUT2D eigenvalue weighted by molar-refractivity contribution is 7.92. The molecule has 3 aromatic rings. The molecule has 0 aliphatic rings. The highest BCUT2D eigenvalue weighted by atomic mass is 32.2. The molecule has 0 spiro atoms. The minimum atomic E-state index is -3.86. The second kappa shape index (κ2) is 8.70. The van der Waals surface area contributed by atoms with Gasteiger partial charge in [0, 0.05) is 11.4 Å². The zero-order chi connectivity index (χ0) is 20.9. The van der Waals surface area contributed by atoms with Crippen molar-refractivity contribution in [2.75, 3.05) is 16.6 Å². The fourth-order valence-electron chi connectivity index (χ4n) is 2.33. The lowest BCUT2D eigenvalue weighted by Gasteiger charge is -2.10. The summed E-state index contributed by atoms with van der Waals surface area (Å²) < 4.78 is 58.1. The highest BCUT2D eigenvalue weighted by Gasteiger charge is 2.14. The summed E-state index contributed by atoms with van der Waals surface area (Å²) in [7, 11) is -3.86. The van der Waals surface area contributed by atoms with Gasteiger partial charge in [-0.15, -0.1) is 0 Å². The summed E-state index contributed by atoms with van der Waals surface area (Å²) in [4.78, 5) is 11.9. The summed E-state index contributed by atoms with van der Waals surface area (Å²) in [5.74, 6) is -1.01. The number of sulfonamides is 1. The maximum atomic E-state index is 12.9. The van der Waals surface area contributed by atoms with Crippen molar-refractivity contribution in [2.45, 2.75) is 4.90 Å². The lowest BCUT2D eigenvalue weighted by molar-refractivity contribution is -0.118. The predicted molar refractivity (Wildman–Crippen MR) is 104 cm³/mol. The van der Waals surface area contributed by atoms with E-state index < -0.39 is 27.6 Å². The van der Waals surface area contributed by atoms with Crippen molar-refractivity contribution < 1.29 is 26.7 Å². The fourth-order valence-corrected chi connectivity index (χ4v) is 3.38. The Hall–Kier alpha value is -3.46. The van der Waals surface area contributed by atoms with Crippen molar-refractivity contribution in [2.24, 2.45) is 0 Å². The molecule has 0 bridgehead atoms. The number of carbonyl (C=O) groups excluding carboxylic acids is 1. The average molecular weight is 418 g/mol. The Morgan fingerprint density at radius 3 is 1.90 bits per heavy atom. The maximum Gasteiger partial charge on any atom is 0.262 e. The minimum Gasteiger partial charge on any atom is -0.484 e. The average Bonchev–Trinajstić information content (AvgIpc) is 2.70. The van der Waals surface area contributed by atoms with Gasteiger partial charge in [0.15, 0.2) is 6.61 Å². The Balaban J connectivity index is 1.58. The van der Waals surface area contributed by atoms with Gasteiger partial charge in [-0.25, -0.2) is 17.2 Å². The van der Waals surface area contributed by atoms with Crippen molar-refractivity contribution in [3.63, 3.8) is 0 Å². The molecular formula is C20H16F2N2O4S. The Kier molecular flexibility index (Phi) is 6.08. The van der Waals surface area contributed by atoms with Gasteiger partial charge in [-0.1, -0.05) is 0 Å². The van der Waals surface area contributed by atoms with Gasteiger partial charge in [0.1, 0.15) is 17.4 Å². The van der Waals surface area contributed by atoms with Gasteiger partial charge in [-0.2, -0.15) is 0 Å². The Morgan fingerprint density at radius 1 is 0.793 bits per heavy atom. The van der Waals surface area contributed by atoms with Crippen molar-refractivity contribution in [1.29, 1.82) is 0 Å². The largest absolute Gasteiger partial charge is 0.484 e. The van der Waals surface area contributed by atoms with E-state index in [1.165, 1.54) is 60.7 Å². The quantitative estimate of drug-likeness (QED) is 0.612. The number of nitrogens with one attached hydrogen (secondary N) is 2. The molecule has 1 amide bonds. The van der Waals surface area contributed by atoms with Crippen molar-refractivity contribution >= 4 is 27.3 Å². The summed E-state index contributed by atoms with van der Waals surface area (Å²) in [6.07, 6.45) is 0. The molecule has 0 saturated heterocycles. The molecule has 9 heteroatoms. The number of carbonyl (C=O) groups is 1. The number of rotatable bonds is 7. The minimum absolute atomic E-state index is 0.0256. The van der Waals surface area contributed by atoms with Gasteiger partial charge >= 0.3 is 0 Å². The van der Waals surface area contributed by atoms with E-state index >= 15 is 0 Å². The third-order valence-electron chi connectivity index (χ3n) is 3.73. The molecule has 0 atom stereocenters. The number of anilines is 2. The molecule has 2 N–H and O–H groups in total. The van der Waals surface area contributed by atoms with Gasteiger partial charge in [-0.05, 0) is 72.8 Å². The van der Waals surface area contributed by atoms with E-state index in [4.69, 9.17) is 4.74 Å². The molecule has 0 radical (unpaired) electrons. The van der Waals surface area contributed by atoms with Crippen LogP contribution in [0.25, 0.3) is 0 Å². The SMILES string of the molecule is O=C(COc1ccc(F)cc1)Nc1ccc(S(=O)(=O)Nc2ccc(F)cc2)cc1. The van der Waals surface area contributed by atoms with Gasteiger partial charge < -0.3 is 10.1 Å². The second-order valence-corrected chi connectivity index (χ2v) is 7.61. The van der Waals surface area contributed by atoms with Crippen LogP contribution in [-0.2, 0) is 14.8 Å². The topological polar surface area (TPSA) is 84.5 Å². The predicted octanol–water partition coefficient (Wildman–Crippen LogP) is 3.78. The zero-order valence-electron chi connectivity index (χ0n) is 14.9. The lowest BCUT2D eigenvalue weighted by Crippen LogP contribution is -2.20. The third-order valence-corrected chi connectivity index (χ3v) is 5.13. The summed E-state index contributed by atoms with van der Waals surface area (Å²) in [5.41, 5.74) is 0.597. The third kappa shape index (κ3) is 5.76. The smallest absolute Gasteiger partial charge is 0.262 e. The first kappa shape index (κ1) is 20.3. The van der Waals surface area contributed by atoms with Crippen LogP contribution in [0.1, 0.15) is 0 Å². The van der Waals surface area contributed by atoms with Crippen molar-refractivity contribution in [3.8, 4) is 5.75 Å². The van der Waals surface area contributed by atoms with Crippen molar-refractivity contribution in [1.82, 2.24) is 0 Å². The molecule has 0 aliphatic heterocycles. The van der Waals surface area contributed by atoms with Gasteiger partial charge in [0.25, 0.3) is 15.9 Å². The molecule has 0 heterocycles. The van der Waals surface area contributed by atoms with Crippen LogP contribution in [0.4, 0.5) is 20.2 Å². The summed E-state index contributed by atoms with van der Waals surface area (Å²) in [5, 5.41) is 2.56. The van der Waals surface area contributed by atoms with E-state index in [0.717, 1.165) is 12.1 Å². The second-order valence-electron chi connectivity index (χ2n) is 5.93. The number of amides is 1. The van der Waals surface area contributed by atoms with Crippen LogP contribution < -0.4 is 14.8 Å². The van der Waals surface area contributed by atoms with Crippen LogP contribution in [0, 0.1) is 11.6 Å². The van der Waals surface area contributed by atoms with E-state index in [-0.39, 0.29) is 17.2 Å². The number of hydrogen-bond acceptors (Lipinski definition) is 4. The molecule has 0 aromatic heterocycles. The number of ether oxygens (including phenoxy) is 1. The van der Waals surface area contributed by atoms with Crippen LogP contribution >= 0.6 is 0 Å². The van der Waals surface area contributed by atoms with Gasteiger partial charge in [-0.3, -0.25) is 9.52 Å². The molecule has 6 nitrogen and oxygen atoms in total. The van der Waals surface area contributed by atoms with E-state index in [1.54, 1.807) is 0 Å². The van der Waals surface area contributed by atoms with Crippen LogP contribution in [0.15, 0.2) is 77.7 Å². The Labute approximate surface area is 166 Å². The van der Waals surface area contributed by atoms with Crippen LogP contribution in [0.5, 0.6) is 5.75 Å². The number of benzene rings is 3. The van der Waals surface area contributed by atoms with Crippen LogP contribution in [0.2, 0.25) is 0 Å². The molecule has 0 unspecified atom stereocenters. The summed E-state index contributed by atoms with van der Waals surface area (Å²) in [6, 6.07) is 15.6. The molecule has 29 heavy (non-hydrogen) atoms. The molecule has 3 aromatic carbocycles.